The molecule has 0 aliphatic heterocycles. The van der Waals surface area contributed by atoms with Crippen molar-refractivity contribution in [2.24, 2.45) is 0 Å². The van der Waals surface area contributed by atoms with Crippen LogP contribution in [0.15, 0.2) is 36.4 Å². The fourth-order valence-corrected chi connectivity index (χ4v) is 2.32. The van der Waals surface area contributed by atoms with Gasteiger partial charge >= 0.3 is 0 Å². The highest BCUT2D eigenvalue weighted by molar-refractivity contribution is 7.13. The summed E-state index contributed by atoms with van der Waals surface area (Å²) >= 11 is 1.34. The van der Waals surface area contributed by atoms with Gasteiger partial charge in [0.25, 0.3) is 11.8 Å². The van der Waals surface area contributed by atoms with E-state index in [4.69, 9.17) is 10.00 Å². The summed E-state index contributed by atoms with van der Waals surface area (Å²) in [4.78, 5) is 24.8. The third-order valence-corrected chi connectivity index (χ3v) is 3.63. The van der Waals surface area contributed by atoms with Crippen LogP contribution in [-0.4, -0.2) is 18.4 Å². The lowest BCUT2D eigenvalue weighted by atomic mass is 10.2. The minimum Gasteiger partial charge on any atom is -0.484 e. The summed E-state index contributed by atoms with van der Waals surface area (Å²) in [6.45, 7) is 1.65. The number of hydrazine groups is 1. The van der Waals surface area contributed by atoms with E-state index in [1.165, 1.54) is 11.3 Å². The highest BCUT2D eigenvalue weighted by Crippen LogP contribution is 2.14. The summed E-state index contributed by atoms with van der Waals surface area (Å²) in [6.07, 6.45) is 0. The Balaban J connectivity index is 1.76. The van der Waals surface area contributed by atoms with Gasteiger partial charge in [-0.05, 0) is 43.3 Å². The third kappa shape index (κ3) is 4.33. The quantitative estimate of drug-likeness (QED) is 0.841. The van der Waals surface area contributed by atoms with Crippen molar-refractivity contribution in [1.29, 1.82) is 5.26 Å². The van der Waals surface area contributed by atoms with E-state index >= 15 is 0 Å². The van der Waals surface area contributed by atoms with Gasteiger partial charge in [0.1, 0.15) is 5.75 Å². The number of aryl methyl sites for hydroxylation is 1. The predicted octanol–water partition coefficient (Wildman–Crippen LogP) is 1.77. The van der Waals surface area contributed by atoms with E-state index in [2.05, 4.69) is 10.9 Å². The Morgan fingerprint density at radius 3 is 2.50 bits per heavy atom. The van der Waals surface area contributed by atoms with Crippen LogP contribution in [0.4, 0.5) is 0 Å². The number of thiophene rings is 1. The molecule has 0 radical (unpaired) electrons. The molecule has 0 aliphatic carbocycles. The Morgan fingerprint density at radius 2 is 1.91 bits per heavy atom. The van der Waals surface area contributed by atoms with Crippen molar-refractivity contribution in [3.63, 3.8) is 0 Å². The van der Waals surface area contributed by atoms with Gasteiger partial charge in [0.05, 0.1) is 16.5 Å². The fourth-order valence-electron chi connectivity index (χ4n) is 1.56. The highest BCUT2D eigenvalue weighted by atomic mass is 32.1. The molecule has 22 heavy (non-hydrogen) atoms. The zero-order valence-corrected chi connectivity index (χ0v) is 12.6. The number of nitriles is 1. The number of carbonyl (C=O) groups excluding carboxylic acids is 2. The Labute approximate surface area is 131 Å². The van der Waals surface area contributed by atoms with Gasteiger partial charge in [-0.15, -0.1) is 11.3 Å². The number of carbonyl (C=O) groups is 2. The zero-order valence-electron chi connectivity index (χ0n) is 11.8. The SMILES string of the molecule is Cc1ccc(C(=O)NNC(=O)COc2ccc(C#N)cc2)s1. The van der Waals surface area contributed by atoms with Gasteiger partial charge in [-0.25, -0.2) is 0 Å². The molecular weight excluding hydrogens is 302 g/mol. The molecule has 0 aliphatic rings. The van der Waals surface area contributed by atoms with Gasteiger partial charge in [0.15, 0.2) is 6.61 Å². The molecule has 2 aromatic rings. The fraction of sp³-hybridized carbons (Fsp3) is 0.133. The number of benzene rings is 1. The normalized spacial score (nSPS) is 9.64. The van der Waals surface area contributed by atoms with E-state index < -0.39 is 5.91 Å². The molecule has 0 atom stereocenters. The van der Waals surface area contributed by atoms with Gasteiger partial charge in [0, 0.05) is 4.88 Å². The van der Waals surface area contributed by atoms with Crippen LogP contribution in [0, 0.1) is 18.3 Å². The van der Waals surface area contributed by atoms with Crippen LogP contribution < -0.4 is 15.6 Å². The highest BCUT2D eigenvalue weighted by Gasteiger charge is 2.09. The summed E-state index contributed by atoms with van der Waals surface area (Å²) in [5.41, 5.74) is 5.10. The lowest BCUT2D eigenvalue weighted by Gasteiger charge is -2.08. The standard InChI is InChI=1S/C15H13N3O3S/c1-10-2-7-13(22-10)15(20)18-17-14(19)9-21-12-5-3-11(8-16)4-6-12/h2-7H,9H2,1H3,(H,17,19)(H,18,20). The molecule has 1 aromatic carbocycles. The molecule has 0 unspecified atom stereocenters. The number of hydrogen-bond donors (Lipinski definition) is 2. The van der Waals surface area contributed by atoms with Crippen molar-refractivity contribution in [2.75, 3.05) is 6.61 Å². The van der Waals surface area contributed by atoms with Gasteiger partial charge < -0.3 is 4.74 Å². The minimum atomic E-state index is -0.481. The largest absolute Gasteiger partial charge is 0.484 e. The van der Waals surface area contributed by atoms with Gasteiger partial charge in [-0.2, -0.15) is 5.26 Å². The molecule has 2 rings (SSSR count). The molecule has 1 aromatic heterocycles. The molecule has 6 nitrogen and oxygen atoms in total. The molecule has 7 heteroatoms. The number of ether oxygens (including phenoxy) is 1. The number of rotatable bonds is 4. The Bertz CT molecular complexity index is 716. The van der Waals surface area contributed by atoms with E-state index in [1.807, 2.05) is 19.1 Å². The minimum absolute atomic E-state index is 0.240. The zero-order chi connectivity index (χ0) is 15.9. The molecule has 0 saturated carbocycles. The average Bonchev–Trinajstić information content (AvgIpc) is 2.97. The molecule has 0 bridgehead atoms. The van der Waals surface area contributed by atoms with Gasteiger partial charge in [-0.1, -0.05) is 0 Å². The second-order valence-corrected chi connectivity index (χ2v) is 5.63. The number of hydrogen-bond acceptors (Lipinski definition) is 5. The predicted molar refractivity (Wildman–Crippen MR) is 81.3 cm³/mol. The molecular formula is C15H13N3O3S. The van der Waals surface area contributed by atoms with Crippen LogP contribution in [-0.2, 0) is 4.79 Å². The Morgan fingerprint density at radius 1 is 1.18 bits per heavy atom. The lowest BCUT2D eigenvalue weighted by Crippen LogP contribution is -2.43. The molecule has 2 amide bonds. The van der Waals surface area contributed by atoms with Crippen LogP contribution >= 0.6 is 11.3 Å². The van der Waals surface area contributed by atoms with Crippen molar-refractivity contribution < 1.29 is 14.3 Å². The van der Waals surface area contributed by atoms with Crippen LogP contribution in [0.3, 0.4) is 0 Å². The molecule has 0 fully saturated rings. The lowest BCUT2D eigenvalue weighted by molar-refractivity contribution is -0.123. The van der Waals surface area contributed by atoms with E-state index in [0.717, 1.165) is 4.88 Å². The van der Waals surface area contributed by atoms with Crippen molar-refractivity contribution in [3.05, 3.63) is 51.7 Å². The smallest absolute Gasteiger partial charge is 0.279 e. The maximum Gasteiger partial charge on any atom is 0.279 e. The van der Waals surface area contributed by atoms with Gasteiger partial charge in [-0.3, -0.25) is 20.4 Å². The van der Waals surface area contributed by atoms with E-state index in [1.54, 1.807) is 30.3 Å². The molecule has 2 N–H and O–H groups in total. The molecule has 112 valence electrons. The van der Waals surface area contributed by atoms with Crippen LogP contribution in [0.5, 0.6) is 5.75 Å². The van der Waals surface area contributed by atoms with E-state index in [0.29, 0.717) is 16.2 Å². The first-order chi connectivity index (χ1) is 10.6. The second kappa shape index (κ2) is 7.24. The number of nitrogens with one attached hydrogen (secondary N) is 2. The summed E-state index contributed by atoms with van der Waals surface area (Å²) in [5.74, 6) is -0.384. The van der Waals surface area contributed by atoms with Crippen molar-refractivity contribution >= 4 is 23.2 Å². The van der Waals surface area contributed by atoms with Gasteiger partial charge in [0.2, 0.25) is 0 Å². The first-order valence-corrected chi connectivity index (χ1v) is 7.19. The third-order valence-electron chi connectivity index (χ3n) is 2.63. The van der Waals surface area contributed by atoms with Crippen molar-refractivity contribution in [1.82, 2.24) is 10.9 Å². The first-order valence-electron chi connectivity index (χ1n) is 6.37. The Kier molecular flexibility index (Phi) is 5.11. The maximum absolute atomic E-state index is 11.7. The first kappa shape index (κ1) is 15.5. The summed E-state index contributed by atoms with van der Waals surface area (Å²) in [6, 6.07) is 11.9. The van der Waals surface area contributed by atoms with Crippen LogP contribution in [0.2, 0.25) is 0 Å². The van der Waals surface area contributed by atoms with Crippen molar-refractivity contribution in [2.45, 2.75) is 6.92 Å². The average molecular weight is 315 g/mol. The van der Waals surface area contributed by atoms with Crippen molar-refractivity contribution in [3.8, 4) is 11.8 Å². The summed E-state index contributed by atoms with van der Waals surface area (Å²) in [7, 11) is 0. The Hall–Kier alpha value is -2.85. The van der Waals surface area contributed by atoms with E-state index in [-0.39, 0.29) is 12.5 Å². The van der Waals surface area contributed by atoms with Crippen LogP contribution in [0.1, 0.15) is 20.1 Å². The molecule has 0 spiro atoms. The molecule has 0 saturated heterocycles. The monoisotopic (exact) mass is 315 g/mol. The van der Waals surface area contributed by atoms with E-state index in [9.17, 15) is 9.59 Å². The summed E-state index contributed by atoms with van der Waals surface area (Å²) < 4.78 is 5.24. The number of amides is 2. The van der Waals surface area contributed by atoms with Crippen LogP contribution in [0.25, 0.3) is 0 Å². The summed E-state index contributed by atoms with van der Waals surface area (Å²) in [5, 5.41) is 8.67. The topological polar surface area (TPSA) is 91.2 Å². The maximum atomic E-state index is 11.7. The molecule has 1 heterocycles. The number of nitrogens with zero attached hydrogens (tertiary/aromatic N) is 1. The second-order valence-electron chi connectivity index (χ2n) is 4.34.